The first kappa shape index (κ1) is 24.2. The van der Waals surface area contributed by atoms with Crippen LogP contribution in [0, 0.1) is 0 Å². The summed E-state index contributed by atoms with van der Waals surface area (Å²) in [6.45, 7) is 16.3. The third kappa shape index (κ3) is 7.00. The van der Waals surface area contributed by atoms with Crippen molar-refractivity contribution in [1.29, 1.82) is 0 Å². The molecule has 2 aromatic rings. The minimum Gasteiger partial charge on any atom is -0.463 e. The molecule has 0 radical (unpaired) electrons. The zero-order valence-electron chi connectivity index (χ0n) is 19.0. The molecule has 1 aromatic heterocycles. The number of aromatic nitrogens is 1. The van der Waals surface area contributed by atoms with E-state index in [1.165, 1.54) is 16.4 Å². The van der Waals surface area contributed by atoms with Crippen LogP contribution >= 0.6 is 12.2 Å². The lowest BCUT2D eigenvalue weighted by Crippen LogP contribution is -2.45. The maximum atomic E-state index is 11.4. The summed E-state index contributed by atoms with van der Waals surface area (Å²) in [5.74, 6) is 0.322. The van der Waals surface area contributed by atoms with E-state index in [0.29, 0.717) is 17.4 Å². The Bertz CT molecular complexity index is 911. The maximum absolute atomic E-state index is 11.4. The second kappa shape index (κ2) is 9.81. The van der Waals surface area contributed by atoms with Crippen molar-refractivity contribution in [3.05, 3.63) is 53.7 Å². The highest BCUT2D eigenvalue weighted by Gasteiger charge is 2.23. The molecule has 0 unspecified atom stereocenters. The molecule has 2 rings (SSSR count). The first-order valence-electron chi connectivity index (χ1n) is 10.2. The van der Waals surface area contributed by atoms with Gasteiger partial charge in [0.25, 0.3) is 0 Å². The smallest absolute Gasteiger partial charge is 0.330 e. The molecular weight excluding hydrogens is 425 g/mol. The minimum atomic E-state index is -1.47. The van der Waals surface area contributed by atoms with Crippen LogP contribution in [0.25, 0.3) is 6.08 Å². The Morgan fingerprint density at radius 1 is 1.07 bits per heavy atom. The Labute approximate surface area is 187 Å². The van der Waals surface area contributed by atoms with Gasteiger partial charge in [0.2, 0.25) is 0 Å². The molecule has 0 aliphatic rings. The van der Waals surface area contributed by atoms with Crippen molar-refractivity contribution in [2.24, 2.45) is 0 Å². The molecular formula is C23H32N2O2SSi2. The SMILES string of the molecule is CCOC(=O)/C=C/c1ccc(NC(=S)c2cc([Si](C)(C)C)cc([Si](C)(C)C)c2)nc1. The van der Waals surface area contributed by atoms with Crippen LogP contribution in [-0.4, -0.2) is 38.7 Å². The second-order valence-corrected chi connectivity index (χ2v) is 19.9. The van der Waals surface area contributed by atoms with E-state index in [2.05, 4.69) is 67.8 Å². The largest absolute Gasteiger partial charge is 0.463 e. The average Bonchev–Trinajstić information content (AvgIpc) is 2.66. The van der Waals surface area contributed by atoms with E-state index < -0.39 is 16.1 Å². The molecule has 1 N–H and O–H groups in total. The van der Waals surface area contributed by atoms with E-state index in [1.54, 1.807) is 19.2 Å². The molecule has 0 saturated heterocycles. The highest BCUT2D eigenvalue weighted by atomic mass is 32.1. The predicted octanol–water partition coefficient (Wildman–Crippen LogP) is 4.54. The van der Waals surface area contributed by atoms with E-state index in [0.717, 1.165) is 11.1 Å². The van der Waals surface area contributed by atoms with Gasteiger partial charge in [0, 0.05) is 17.8 Å². The number of thiocarbonyl (C=S) groups is 1. The van der Waals surface area contributed by atoms with E-state index in [9.17, 15) is 4.79 Å². The number of esters is 1. The molecule has 0 bridgehead atoms. The molecule has 0 fully saturated rings. The lowest BCUT2D eigenvalue weighted by atomic mass is 10.2. The van der Waals surface area contributed by atoms with Crippen LogP contribution in [0.15, 0.2) is 42.6 Å². The molecule has 0 amide bonds. The van der Waals surface area contributed by atoms with Crippen molar-refractivity contribution in [1.82, 2.24) is 4.98 Å². The van der Waals surface area contributed by atoms with Crippen molar-refractivity contribution in [3.63, 3.8) is 0 Å². The number of carbonyl (C=O) groups excluding carboxylic acids is 1. The lowest BCUT2D eigenvalue weighted by molar-refractivity contribution is -0.137. The van der Waals surface area contributed by atoms with Gasteiger partial charge in [0.05, 0.1) is 22.8 Å². The van der Waals surface area contributed by atoms with Crippen LogP contribution in [0.4, 0.5) is 5.82 Å². The first-order valence-corrected chi connectivity index (χ1v) is 17.6. The number of rotatable bonds is 7. The summed E-state index contributed by atoms with van der Waals surface area (Å²) in [4.78, 5) is 16.5. The van der Waals surface area contributed by atoms with E-state index >= 15 is 0 Å². The minimum absolute atomic E-state index is 0.360. The molecule has 1 heterocycles. The van der Waals surface area contributed by atoms with Gasteiger partial charge in [-0.3, -0.25) is 0 Å². The van der Waals surface area contributed by atoms with Crippen LogP contribution < -0.4 is 15.7 Å². The quantitative estimate of drug-likeness (QED) is 0.287. The number of hydrogen-bond donors (Lipinski definition) is 1. The topological polar surface area (TPSA) is 51.2 Å². The van der Waals surface area contributed by atoms with E-state index in [-0.39, 0.29) is 5.97 Å². The number of hydrogen-bond acceptors (Lipinski definition) is 4. The van der Waals surface area contributed by atoms with Crippen LogP contribution in [0.2, 0.25) is 39.3 Å². The fraction of sp³-hybridized carbons (Fsp3) is 0.348. The van der Waals surface area contributed by atoms with Crippen molar-refractivity contribution >= 4 is 61.6 Å². The zero-order chi connectivity index (χ0) is 22.5. The number of ether oxygens (including phenoxy) is 1. The van der Waals surface area contributed by atoms with Gasteiger partial charge in [0.15, 0.2) is 0 Å². The van der Waals surface area contributed by atoms with Crippen molar-refractivity contribution in [2.45, 2.75) is 46.2 Å². The first-order chi connectivity index (χ1) is 13.9. The third-order valence-corrected chi connectivity index (χ3v) is 9.03. The summed E-state index contributed by atoms with van der Waals surface area (Å²) in [6.07, 6.45) is 4.79. The Hall–Kier alpha value is -2.10. The fourth-order valence-electron chi connectivity index (χ4n) is 2.75. The van der Waals surface area contributed by atoms with Gasteiger partial charge in [-0.1, -0.05) is 80.1 Å². The average molecular weight is 457 g/mol. The molecule has 0 saturated carbocycles. The molecule has 160 valence electrons. The Morgan fingerprint density at radius 3 is 2.13 bits per heavy atom. The van der Waals surface area contributed by atoms with Crippen molar-refractivity contribution in [2.75, 3.05) is 11.9 Å². The number of carbonyl (C=O) groups is 1. The lowest BCUT2D eigenvalue weighted by Gasteiger charge is -2.24. The van der Waals surface area contributed by atoms with Gasteiger partial charge >= 0.3 is 5.97 Å². The van der Waals surface area contributed by atoms with Gasteiger partial charge in [-0.2, -0.15) is 0 Å². The number of nitrogens with zero attached hydrogens (tertiary/aromatic N) is 1. The third-order valence-electron chi connectivity index (χ3n) is 4.65. The maximum Gasteiger partial charge on any atom is 0.330 e. The van der Waals surface area contributed by atoms with E-state index in [1.807, 2.05) is 12.1 Å². The molecule has 0 aliphatic heterocycles. The second-order valence-electron chi connectivity index (χ2n) is 9.32. The van der Waals surface area contributed by atoms with Gasteiger partial charge < -0.3 is 10.1 Å². The summed E-state index contributed by atoms with van der Waals surface area (Å²) in [7, 11) is -2.94. The highest BCUT2D eigenvalue weighted by Crippen LogP contribution is 2.13. The monoisotopic (exact) mass is 456 g/mol. The van der Waals surface area contributed by atoms with Gasteiger partial charge in [-0.05, 0) is 30.7 Å². The van der Waals surface area contributed by atoms with Crippen LogP contribution in [0.5, 0.6) is 0 Å². The van der Waals surface area contributed by atoms with Crippen molar-refractivity contribution in [3.8, 4) is 0 Å². The Balaban J connectivity index is 2.22. The molecule has 30 heavy (non-hydrogen) atoms. The standard InChI is InChI=1S/C23H32N2O2SSi2/c1-8-27-22(26)12-10-17-9-11-21(24-16-17)25-23(28)18-13-19(29(2,3)4)15-20(14-18)30(5,6)7/h9-16H,8H2,1-7H3,(H,24,25,28)/b12-10+. The summed E-state index contributed by atoms with van der Waals surface area (Å²) >= 11 is 5.72. The molecule has 7 heteroatoms. The number of benzene rings is 1. The van der Waals surface area contributed by atoms with Gasteiger partial charge in [-0.15, -0.1) is 0 Å². The molecule has 1 aromatic carbocycles. The van der Waals surface area contributed by atoms with Crippen LogP contribution in [0.3, 0.4) is 0 Å². The molecule has 0 atom stereocenters. The van der Waals surface area contributed by atoms with Crippen LogP contribution in [0.1, 0.15) is 18.1 Å². The fourth-order valence-corrected chi connectivity index (χ4v) is 5.47. The summed E-state index contributed by atoms with van der Waals surface area (Å²) < 4.78 is 4.89. The Kier molecular flexibility index (Phi) is 7.90. The zero-order valence-corrected chi connectivity index (χ0v) is 21.8. The van der Waals surface area contributed by atoms with Crippen LogP contribution in [-0.2, 0) is 9.53 Å². The summed E-state index contributed by atoms with van der Waals surface area (Å²) in [5, 5.41) is 6.11. The predicted molar refractivity (Wildman–Crippen MR) is 138 cm³/mol. The number of nitrogens with one attached hydrogen (secondary N) is 1. The van der Waals surface area contributed by atoms with E-state index in [4.69, 9.17) is 17.0 Å². The number of pyridine rings is 1. The Morgan fingerprint density at radius 2 is 1.67 bits per heavy atom. The molecule has 0 aliphatic carbocycles. The molecule has 0 spiro atoms. The normalized spacial score (nSPS) is 12.1. The highest BCUT2D eigenvalue weighted by molar-refractivity contribution is 7.81. The summed E-state index contributed by atoms with van der Waals surface area (Å²) in [5.41, 5.74) is 1.87. The summed E-state index contributed by atoms with van der Waals surface area (Å²) in [6, 6.07) is 10.6. The van der Waals surface area contributed by atoms with Crippen molar-refractivity contribution < 1.29 is 9.53 Å². The van der Waals surface area contributed by atoms with Gasteiger partial charge in [0.1, 0.15) is 10.8 Å². The number of anilines is 1. The molecule has 4 nitrogen and oxygen atoms in total. The van der Waals surface area contributed by atoms with Gasteiger partial charge in [-0.25, -0.2) is 9.78 Å².